The summed E-state index contributed by atoms with van der Waals surface area (Å²) in [5.41, 5.74) is 0. The maximum Gasteiger partial charge on any atom is 0.191 e. The summed E-state index contributed by atoms with van der Waals surface area (Å²) in [7, 11) is -2.91. The van der Waals surface area contributed by atoms with Crippen molar-refractivity contribution in [2.24, 2.45) is 4.99 Å². The van der Waals surface area contributed by atoms with Crippen LogP contribution < -0.4 is 10.6 Å². The number of aliphatic imine (C=N–C) groups is 1. The smallest absolute Gasteiger partial charge is 0.191 e. The average Bonchev–Trinajstić information content (AvgIpc) is 2.27. The Bertz CT molecular complexity index is 326. The molecule has 6 heteroatoms. The van der Waals surface area contributed by atoms with Crippen molar-refractivity contribution in [3.05, 3.63) is 0 Å². The van der Waals surface area contributed by atoms with Crippen LogP contribution in [0.5, 0.6) is 0 Å². The van der Waals surface area contributed by atoms with Gasteiger partial charge in [-0.05, 0) is 13.3 Å². The van der Waals surface area contributed by atoms with Gasteiger partial charge in [-0.15, -0.1) is 0 Å². The summed E-state index contributed by atoms with van der Waals surface area (Å²) in [4.78, 5) is 4.40. The molecular weight excluding hydrogens is 250 g/mol. The molecular formula is C12H27N3O2S. The molecule has 0 atom stereocenters. The molecule has 0 saturated carbocycles. The van der Waals surface area contributed by atoms with Crippen molar-refractivity contribution >= 4 is 15.8 Å². The van der Waals surface area contributed by atoms with E-state index in [1.54, 1.807) is 0 Å². The first kappa shape index (κ1) is 17.2. The van der Waals surface area contributed by atoms with Gasteiger partial charge in [0.15, 0.2) is 5.96 Å². The van der Waals surface area contributed by atoms with Gasteiger partial charge >= 0.3 is 0 Å². The van der Waals surface area contributed by atoms with Crippen LogP contribution in [0.3, 0.4) is 0 Å². The molecule has 0 aliphatic carbocycles. The molecule has 0 amide bonds. The average molecular weight is 277 g/mol. The number of unbranched alkanes of at least 4 members (excludes halogenated alkanes) is 3. The molecule has 0 heterocycles. The van der Waals surface area contributed by atoms with Crippen LogP contribution in [-0.2, 0) is 9.84 Å². The van der Waals surface area contributed by atoms with E-state index in [-0.39, 0.29) is 5.75 Å². The van der Waals surface area contributed by atoms with E-state index in [1.807, 2.05) is 6.92 Å². The Hall–Kier alpha value is -0.780. The molecule has 0 bridgehead atoms. The number of sulfone groups is 1. The zero-order chi connectivity index (χ0) is 13.9. The first-order valence-electron chi connectivity index (χ1n) is 6.69. The van der Waals surface area contributed by atoms with Crippen molar-refractivity contribution in [2.45, 2.75) is 39.5 Å². The lowest BCUT2D eigenvalue weighted by Gasteiger charge is -2.10. The maximum absolute atomic E-state index is 11.0. The Morgan fingerprint density at radius 3 is 2.39 bits per heavy atom. The third kappa shape index (κ3) is 11.7. The van der Waals surface area contributed by atoms with Crippen LogP contribution in [0.25, 0.3) is 0 Å². The highest BCUT2D eigenvalue weighted by atomic mass is 32.2. The van der Waals surface area contributed by atoms with Gasteiger partial charge in [0.05, 0.1) is 5.75 Å². The first-order valence-corrected chi connectivity index (χ1v) is 8.75. The number of nitrogens with one attached hydrogen (secondary N) is 2. The van der Waals surface area contributed by atoms with Crippen LogP contribution in [-0.4, -0.2) is 46.0 Å². The predicted octanol–water partition coefficient (Wildman–Crippen LogP) is 1.17. The minimum absolute atomic E-state index is 0.132. The summed E-state index contributed by atoms with van der Waals surface area (Å²) in [6, 6.07) is 0. The Morgan fingerprint density at radius 2 is 1.83 bits per heavy atom. The molecule has 5 nitrogen and oxygen atoms in total. The summed E-state index contributed by atoms with van der Waals surface area (Å²) < 4.78 is 22.0. The van der Waals surface area contributed by atoms with Gasteiger partial charge < -0.3 is 10.6 Å². The molecule has 0 aliphatic rings. The number of hydrogen-bond donors (Lipinski definition) is 2. The van der Waals surface area contributed by atoms with Crippen molar-refractivity contribution < 1.29 is 8.42 Å². The monoisotopic (exact) mass is 277 g/mol. The molecule has 2 N–H and O–H groups in total. The van der Waals surface area contributed by atoms with E-state index in [2.05, 4.69) is 22.5 Å². The Balaban J connectivity index is 3.93. The molecule has 0 aromatic carbocycles. The first-order chi connectivity index (χ1) is 8.49. The van der Waals surface area contributed by atoms with E-state index < -0.39 is 9.84 Å². The summed E-state index contributed by atoms with van der Waals surface area (Å²) >= 11 is 0. The second-order valence-electron chi connectivity index (χ2n) is 4.38. The van der Waals surface area contributed by atoms with Crippen molar-refractivity contribution in [1.29, 1.82) is 0 Å². The lowest BCUT2D eigenvalue weighted by Crippen LogP contribution is -2.39. The number of hydrogen-bond acceptors (Lipinski definition) is 3. The van der Waals surface area contributed by atoms with Crippen LogP contribution in [0.1, 0.15) is 39.5 Å². The van der Waals surface area contributed by atoms with E-state index in [0.717, 1.165) is 19.5 Å². The summed E-state index contributed by atoms with van der Waals surface area (Å²) in [6.07, 6.45) is 5.98. The number of guanidine groups is 1. The minimum atomic E-state index is -2.91. The standard InChI is InChI=1S/C12H27N3O2S/c1-4-6-7-8-9-14-12(13-5-2)15-10-11-18(3,16)17/h4-11H2,1-3H3,(H2,13,14,15). The van der Waals surface area contributed by atoms with E-state index in [0.29, 0.717) is 12.5 Å². The highest BCUT2D eigenvalue weighted by molar-refractivity contribution is 7.90. The Labute approximate surface area is 111 Å². The second-order valence-corrected chi connectivity index (χ2v) is 6.64. The number of nitrogens with zero attached hydrogens (tertiary/aromatic N) is 1. The lowest BCUT2D eigenvalue weighted by molar-refractivity contribution is 0.600. The van der Waals surface area contributed by atoms with Crippen molar-refractivity contribution in [3.63, 3.8) is 0 Å². The fourth-order valence-electron chi connectivity index (χ4n) is 1.43. The maximum atomic E-state index is 11.0. The van der Waals surface area contributed by atoms with Gasteiger partial charge in [0.2, 0.25) is 0 Å². The Morgan fingerprint density at radius 1 is 1.11 bits per heavy atom. The van der Waals surface area contributed by atoms with E-state index in [1.165, 1.54) is 25.5 Å². The van der Waals surface area contributed by atoms with Crippen molar-refractivity contribution in [3.8, 4) is 0 Å². The number of rotatable bonds is 9. The van der Waals surface area contributed by atoms with E-state index in [9.17, 15) is 8.42 Å². The minimum Gasteiger partial charge on any atom is -0.357 e. The SMILES string of the molecule is CCCCCCN=C(NCC)NCCS(C)(=O)=O. The molecule has 0 fully saturated rings. The van der Waals surface area contributed by atoms with Gasteiger partial charge in [-0.1, -0.05) is 26.2 Å². The van der Waals surface area contributed by atoms with E-state index >= 15 is 0 Å². The molecule has 0 aliphatic heterocycles. The zero-order valence-corrected chi connectivity index (χ0v) is 12.6. The quantitative estimate of drug-likeness (QED) is 0.377. The molecule has 0 rings (SSSR count). The van der Waals surface area contributed by atoms with Crippen LogP contribution in [0, 0.1) is 0 Å². The van der Waals surface area contributed by atoms with Gasteiger partial charge in [-0.3, -0.25) is 4.99 Å². The summed E-state index contributed by atoms with van der Waals surface area (Å²) in [6.45, 7) is 6.14. The molecule has 108 valence electrons. The third-order valence-electron chi connectivity index (χ3n) is 2.39. The molecule has 0 saturated heterocycles. The molecule has 0 radical (unpaired) electrons. The predicted molar refractivity (Wildman–Crippen MR) is 77.8 cm³/mol. The second kappa shape index (κ2) is 10.2. The molecule has 0 spiro atoms. The topological polar surface area (TPSA) is 70.6 Å². The normalized spacial score (nSPS) is 12.5. The van der Waals surface area contributed by atoms with Crippen LogP contribution in [0.4, 0.5) is 0 Å². The van der Waals surface area contributed by atoms with E-state index in [4.69, 9.17) is 0 Å². The van der Waals surface area contributed by atoms with Gasteiger partial charge in [-0.25, -0.2) is 8.42 Å². The fraction of sp³-hybridized carbons (Fsp3) is 0.917. The van der Waals surface area contributed by atoms with Crippen molar-refractivity contribution in [2.75, 3.05) is 31.6 Å². The molecule has 18 heavy (non-hydrogen) atoms. The molecule has 0 aromatic rings. The lowest BCUT2D eigenvalue weighted by atomic mass is 10.2. The largest absolute Gasteiger partial charge is 0.357 e. The molecule has 0 aromatic heterocycles. The van der Waals surface area contributed by atoms with Crippen LogP contribution in [0.2, 0.25) is 0 Å². The van der Waals surface area contributed by atoms with Crippen LogP contribution >= 0.6 is 0 Å². The summed E-state index contributed by atoms with van der Waals surface area (Å²) in [5, 5.41) is 6.13. The Kier molecular flexibility index (Phi) is 9.73. The molecule has 0 unspecified atom stereocenters. The third-order valence-corrected chi connectivity index (χ3v) is 3.34. The van der Waals surface area contributed by atoms with Gasteiger partial charge in [0, 0.05) is 25.9 Å². The summed E-state index contributed by atoms with van der Waals surface area (Å²) in [5.74, 6) is 0.838. The van der Waals surface area contributed by atoms with Gasteiger partial charge in [-0.2, -0.15) is 0 Å². The van der Waals surface area contributed by atoms with Crippen LogP contribution in [0.15, 0.2) is 4.99 Å². The van der Waals surface area contributed by atoms with Crippen molar-refractivity contribution in [1.82, 2.24) is 10.6 Å². The highest BCUT2D eigenvalue weighted by Crippen LogP contribution is 1.98. The fourth-order valence-corrected chi connectivity index (χ4v) is 1.90. The zero-order valence-electron chi connectivity index (χ0n) is 11.8. The highest BCUT2D eigenvalue weighted by Gasteiger charge is 2.02. The van der Waals surface area contributed by atoms with Gasteiger partial charge in [0.1, 0.15) is 9.84 Å². The van der Waals surface area contributed by atoms with Gasteiger partial charge in [0.25, 0.3) is 0 Å².